The second-order valence-corrected chi connectivity index (χ2v) is 6.30. The zero-order valence-corrected chi connectivity index (χ0v) is 12.5. The maximum absolute atomic E-state index is 13.4. The van der Waals surface area contributed by atoms with Gasteiger partial charge in [-0.2, -0.15) is 13.2 Å². The summed E-state index contributed by atoms with van der Waals surface area (Å²) >= 11 is 0. The van der Waals surface area contributed by atoms with E-state index >= 15 is 0 Å². The average molecular weight is 301 g/mol. The number of rotatable bonds is 2. The molecule has 1 saturated carbocycles. The van der Waals surface area contributed by atoms with Crippen molar-refractivity contribution in [2.24, 2.45) is 11.8 Å². The summed E-state index contributed by atoms with van der Waals surface area (Å²) in [5.41, 5.74) is 1.38. The number of nitrogens with one attached hydrogen (secondary N) is 1. The lowest BCUT2D eigenvalue weighted by Crippen LogP contribution is -2.28. The largest absolute Gasteiger partial charge is 0.449 e. The van der Waals surface area contributed by atoms with Gasteiger partial charge in [0, 0.05) is 31.2 Å². The zero-order valence-electron chi connectivity index (χ0n) is 12.5. The van der Waals surface area contributed by atoms with E-state index in [9.17, 15) is 13.2 Å². The van der Waals surface area contributed by atoms with E-state index in [4.69, 9.17) is 0 Å². The average Bonchev–Trinajstić information content (AvgIpc) is 2.98. The lowest BCUT2D eigenvalue weighted by atomic mass is 9.93. The van der Waals surface area contributed by atoms with Crippen LogP contribution in [0.2, 0.25) is 0 Å². The first kappa shape index (κ1) is 14.9. The van der Waals surface area contributed by atoms with Crippen molar-refractivity contribution in [3.8, 4) is 0 Å². The highest BCUT2D eigenvalue weighted by Crippen LogP contribution is 2.45. The SMILES string of the molecule is CCC1CCC(n2c(C(F)(F)F)nc3c2CCNC3)C1C. The summed E-state index contributed by atoms with van der Waals surface area (Å²) in [6, 6.07) is -0.0547. The van der Waals surface area contributed by atoms with Crippen molar-refractivity contribution in [1.82, 2.24) is 14.9 Å². The third-order valence-electron chi connectivity index (χ3n) is 5.22. The molecule has 0 saturated heterocycles. The van der Waals surface area contributed by atoms with Crippen LogP contribution in [-0.4, -0.2) is 16.1 Å². The van der Waals surface area contributed by atoms with E-state index in [-0.39, 0.29) is 12.0 Å². The van der Waals surface area contributed by atoms with Crippen LogP contribution in [0.3, 0.4) is 0 Å². The van der Waals surface area contributed by atoms with Gasteiger partial charge in [-0.05, 0) is 24.7 Å². The Morgan fingerprint density at radius 1 is 1.33 bits per heavy atom. The summed E-state index contributed by atoms with van der Waals surface area (Å²) in [6.07, 6.45) is -0.846. The first-order valence-corrected chi connectivity index (χ1v) is 7.81. The van der Waals surface area contributed by atoms with Crippen molar-refractivity contribution in [2.75, 3.05) is 6.54 Å². The molecule has 1 aliphatic carbocycles. The van der Waals surface area contributed by atoms with Crippen LogP contribution in [0.25, 0.3) is 0 Å². The second kappa shape index (κ2) is 5.30. The van der Waals surface area contributed by atoms with Gasteiger partial charge in [0.15, 0.2) is 0 Å². The maximum atomic E-state index is 13.4. The molecule has 1 fully saturated rings. The fourth-order valence-corrected chi connectivity index (χ4v) is 4.06. The van der Waals surface area contributed by atoms with E-state index in [0.717, 1.165) is 31.5 Å². The first-order chi connectivity index (χ1) is 9.93. The molecule has 1 aliphatic heterocycles. The van der Waals surface area contributed by atoms with E-state index < -0.39 is 12.0 Å². The minimum absolute atomic E-state index is 0.0547. The van der Waals surface area contributed by atoms with Crippen LogP contribution < -0.4 is 5.32 Å². The Hall–Kier alpha value is -1.04. The van der Waals surface area contributed by atoms with Gasteiger partial charge in [-0.15, -0.1) is 0 Å². The van der Waals surface area contributed by atoms with Gasteiger partial charge in [0.1, 0.15) is 0 Å². The number of halogens is 3. The Morgan fingerprint density at radius 2 is 2.10 bits per heavy atom. The number of nitrogens with zero attached hydrogens (tertiary/aromatic N) is 2. The normalized spacial score (nSPS) is 29.7. The summed E-state index contributed by atoms with van der Waals surface area (Å²) in [6.45, 7) is 5.40. The second-order valence-electron chi connectivity index (χ2n) is 6.30. The molecule has 1 N–H and O–H groups in total. The van der Waals surface area contributed by atoms with Crippen LogP contribution in [0.15, 0.2) is 0 Å². The summed E-state index contributed by atoms with van der Waals surface area (Å²) in [4.78, 5) is 3.93. The number of alkyl halides is 3. The molecule has 6 heteroatoms. The third-order valence-corrected chi connectivity index (χ3v) is 5.22. The van der Waals surface area contributed by atoms with E-state index in [1.807, 2.05) is 0 Å². The molecular weight excluding hydrogens is 279 g/mol. The van der Waals surface area contributed by atoms with Gasteiger partial charge in [-0.25, -0.2) is 4.98 Å². The number of aromatic nitrogens is 2. The number of hydrogen-bond donors (Lipinski definition) is 1. The highest BCUT2D eigenvalue weighted by Gasteiger charge is 2.44. The summed E-state index contributed by atoms with van der Waals surface area (Å²) < 4.78 is 41.7. The lowest BCUT2D eigenvalue weighted by molar-refractivity contribution is -0.148. The van der Waals surface area contributed by atoms with Gasteiger partial charge in [-0.1, -0.05) is 20.3 Å². The van der Waals surface area contributed by atoms with Crippen molar-refractivity contribution in [3.63, 3.8) is 0 Å². The van der Waals surface area contributed by atoms with E-state index in [1.165, 1.54) is 4.57 Å². The number of fused-ring (bicyclic) bond motifs is 1. The van der Waals surface area contributed by atoms with Gasteiger partial charge in [-0.3, -0.25) is 0 Å². The van der Waals surface area contributed by atoms with Crippen molar-refractivity contribution >= 4 is 0 Å². The van der Waals surface area contributed by atoms with Crippen LogP contribution in [0.5, 0.6) is 0 Å². The van der Waals surface area contributed by atoms with Crippen molar-refractivity contribution in [2.45, 2.75) is 58.3 Å². The molecule has 3 atom stereocenters. The summed E-state index contributed by atoms with van der Waals surface area (Å²) in [5, 5.41) is 3.11. The lowest BCUT2D eigenvalue weighted by Gasteiger charge is -2.26. The monoisotopic (exact) mass is 301 g/mol. The predicted molar refractivity (Wildman–Crippen MR) is 73.9 cm³/mol. The molecule has 1 aromatic rings. The summed E-state index contributed by atoms with van der Waals surface area (Å²) in [7, 11) is 0. The highest BCUT2D eigenvalue weighted by atomic mass is 19.4. The van der Waals surface area contributed by atoms with Gasteiger partial charge >= 0.3 is 6.18 Å². The fourth-order valence-electron chi connectivity index (χ4n) is 4.06. The van der Waals surface area contributed by atoms with E-state index in [0.29, 0.717) is 24.6 Å². The Balaban J connectivity index is 2.06. The van der Waals surface area contributed by atoms with Crippen LogP contribution >= 0.6 is 0 Å². The molecule has 0 spiro atoms. The quantitative estimate of drug-likeness (QED) is 0.905. The summed E-state index contributed by atoms with van der Waals surface area (Å²) in [5.74, 6) is 0.116. The topological polar surface area (TPSA) is 29.9 Å². The minimum Gasteiger partial charge on any atom is -0.321 e. The van der Waals surface area contributed by atoms with Gasteiger partial charge < -0.3 is 9.88 Å². The molecule has 21 heavy (non-hydrogen) atoms. The number of hydrogen-bond acceptors (Lipinski definition) is 2. The molecule has 2 aliphatic rings. The van der Waals surface area contributed by atoms with Gasteiger partial charge in [0.2, 0.25) is 5.82 Å². The third kappa shape index (κ3) is 2.47. The van der Waals surface area contributed by atoms with E-state index in [1.54, 1.807) is 0 Å². The van der Waals surface area contributed by atoms with Crippen LogP contribution in [0.1, 0.15) is 56.4 Å². The Morgan fingerprint density at radius 3 is 2.71 bits per heavy atom. The molecule has 3 rings (SSSR count). The molecule has 2 heterocycles. The smallest absolute Gasteiger partial charge is 0.321 e. The van der Waals surface area contributed by atoms with Crippen molar-refractivity contribution in [3.05, 3.63) is 17.2 Å². The van der Waals surface area contributed by atoms with Crippen LogP contribution in [-0.2, 0) is 19.1 Å². The van der Waals surface area contributed by atoms with Gasteiger partial charge in [0.05, 0.1) is 5.69 Å². The first-order valence-electron chi connectivity index (χ1n) is 7.81. The predicted octanol–water partition coefficient (Wildman–Crippen LogP) is 3.54. The zero-order chi connectivity index (χ0) is 15.2. The molecular formula is C15H22F3N3. The van der Waals surface area contributed by atoms with E-state index in [2.05, 4.69) is 24.1 Å². The Bertz CT molecular complexity index is 521. The Kier molecular flexibility index (Phi) is 3.76. The Labute approximate surface area is 122 Å². The standard InChI is InChI=1S/C15H22F3N3/c1-3-10-4-5-12(9(10)2)21-13-6-7-19-8-11(13)20-14(21)15(16,17)18/h9-10,12,19H,3-8H2,1-2H3. The highest BCUT2D eigenvalue weighted by molar-refractivity contribution is 5.23. The molecule has 1 aromatic heterocycles. The van der Waals surface area contributed by atoms with Crippen LogP contribution in [0.4, 0.5) is 13.2 Å². The molecule has 3 unspecified atom stereocenters. The van der Waals surface area contributed by atoms with Crippen molar-refractivity contribution in [1.29, 1.82) is 0 Å². The van der Waals surface area contributed by atoms with Crippen molar-refractivity contribution < 1.29 is 13.2 Å². The molecule has 0 aromatic carbocycles. The molecule has 0 amide bonds. The molecule has 118 valence electrons. The molecule has 0 bridgehead atoms. The maximum Gasteiger partial charge on any atom is 0.449 e. The fraction of sp³-hybridized carbons (Fsp3) is 0.800. The van der Waals surface area contributed by atoms with Crippen LogP contribution in [0, 0.1) is 11.8 Å². The van der Waals surface area contributed by atoms with Gasteiger partial charge in [0.25, 0.3) is 0 Å². The molecule has 0 radical (unpaired) electrons. The molecule has 3 nitrogen and oxygen atoms in total. The minimum atomic E-state index is -4.37. The number of imidazole rings is 1.